The minimum atomic E-state index is -1.06. The van der Waals surface area contributed by atoms with E-state index in [0.29, 0.717) is 18.0 Å². The third-order valence-electron chi connectivity index (χ3n) is 3.23. The molecule has 0 spiro atoms. The van der Waals surface area contributed by atoms with Crippen molar-refractivity contribution in [2.24, 2.45) is 0 Å². The van der Waals surface area contributed by atoms with E-state index < -0.39 is 11.7 Å². The Labute approximate surface area is 139 Å². The number of thiazole rings is 1. The molecule has 2 N–H and O–H groups in total. The Morgan fingerprint density at radius 3 is 3.00 bits per heavy atom. The largest absolute Gasteiger partial charge is 0.351 e. The molecule has 0 aliphatic carbocycles. The molecule has 3 rings (SSSR count). The van der Waals surface area contributed by atoms with Gasteiger partial charge in [-0.05, 0) is 0 Å². The highest BCUT2D eigenvalue weighted by Crippen LogP contribution is 2.30. The maximum absolute atomic E-state index is 13.8. The third-order valence-corrected chi connectivity index (χ3v) is 4.80. The summed E-state index contributed by atoms with van der Waals surface area (Å²) < 4.78 is 13.8. The summed E-state index contributed by atoms with van der Waals surface area (Å²) in [6.45, 7) is 1.48. The van der Waals surface area contributed by atoms with Crippen molar-refractivity contribution < 1.29 is 4.39 Å². The highest BCUT2D eigenvalue weighted by Gasteiger charge is 2.23. The number of nitrogens with zero attached hydrogens (tertiary/aromatic N) is 3. The fourth-order valence-corrected chi connectivity index (χ4v) is 3.37. The number of anilines is 1. The average molecular weight is 364 g/mol. The summed E-state index contributed by atoms with van der Waals surface area (Å²) in [6, 6.07) is 0. The van der Waals surface area contributed by atoms with Gasteiger partial charge in [0.2, 0.25) is 0 Å². The van der Waals surface area contributed by atoms with Gasteiger partial charge in [0, 0.05) is 19.6 Å². The lowest BCUT2D eigenvalue weighted by Gasteiger charge is -2.23. The van der Waals surface area contributed by atoms with Crippen molar-refractivity contribution in [1.82, 2.24) is 20.3 Å². The molecule has 3 heterocycles. The van der Waals surface area contributed by atoms with Gasteiger partial charge in [-0.2, -0.15) is 0 Å². The van der Waals surface area contributed by atoms with Gasteiger partial charge in [-0.25, -0.2) is 14.4 Å². The van der Waals surface area contributed by atoms with Crippen LogP contribution in [0.1, 0.15) is 0 Å². The van der Waals surface area contributed by atoms with Crippen LogP contribution in [0.5, 0.6) is 0 Å². The van der Waals surface area contributed by atoms with Crippen LogP contribution in [0.3, 0.4) is 0 Å². The summed E-state index contributed by atoms with van der Waals surface area (Å²) in [4.78, 5) is 25.1. The first-order valence-electron chi connectivity index (χ1n) is 6.55. The van der Waals surface area contributed by atoms with E-state index in [4.69, 9.17) is 23.2 Å². The number of hydrogen-bond donors (Lipinski definition) is 2. The van der Waals surface area contributed by atoms with Crippen molar-refractivity contribution >= 4 is 40.4 Å². The van der Waals surface area contributed by atoms with Gasteiger partial charge in [0.25, 0.3) is 5.56 Å². The van der Waals surface area contributed by atoms with Crippen LogP contribution in [0.15, 0.2) is 10.3 Å². The Morgan fingerprint density at radius 2 is 2.27 bits per heavy atom. The molecule has 10 heteroatoms. The first-order valence-corrected chi connectivity index (χ1v) is 8.18. The molecule has 0 amide bonds. The first-order chi connectivity index (χ1) is 10.6. The fourth-order valence-electron chi connectivity index (χ4n) is 2.21. The van der Waals surface area contributed by atoms with Crippen molar-refractivity contribution in [3.05, 3.63) is 26.0 Å². The maximum Gasteiger partial charge on any atom is 0.272 e. The zero-order chi connectivity index (χ0) is 15.7. The molecule has 6 nitrogen and oxygen atoms in total. The van der Waals surface area contributed by atoms with E-state index in [2.05, 4.69) is 20.3 Å². The van der Waals surface area contributed by atoms with Crippen molar-refractivity contribution in [2.45, 2.75) is 6.17 Å². The maximum atomic E-state index is 13.8. The van der Waals surface area contributed by atoms with E-state index in [1.807, 2.05) is 0 Å². The number of hydrogen-bond acceptors (Lipinski definition) is 6. The highest BCUT2D eigenvalue weighted by atomic mass is 35.5. The van der Waals surface area contributed by atoms with Crippen LogP contribution in [-0.4, -0.2) is 47.3 Å². The lowest BCUT2D eigenvalue weighted by molar-refractivity contribution is 0.337. The Morgan fingerprint density at radius 1 is 1.45 bits per heavy atom. The van der Waals surface area contributed by atoms with Gasteiger partial charge in [-0.1, -0.05) is 23.2 Å². The summed E-state index contributed by atoms with van der Waals surface area (Å²) in [6.07, 6.45) is -1.06. The van der Waals surface area contributed by atoms with Crippen molar-refractivity contribution in [3.63, 3.8) is 0 Å². The van der Waals surface area contributed by atoms with Crippen molar-refractivity contribution in [3.8, 4) is 10.7 Å². The molecular formula is C12H12Cl2FN5OS. The molecule has 0 saturated carbocycles. The van der Waals surface area contributed by atoms with Gasteiger partial charge < -0.3 is 15.2 Å². The minimum Gasteiger partial charge on any atom is -0.351 e. The van der Waals surface area contributed by atoms with Crippen LogP contribution in [0.2, 0.25) is 10.2 Å². The molecule has 0 bridgehead atoms. The zero-order valence-corrected chi connectivity index (χ0v) is 13.6. The lowest BCUT2D eigenvalue weighted by atomic mass is 10.3. The number of alkyl halides is 1. The smallest absolute Gasteiger partial charge is 0.272 e. The number of rotatable bonds is 2. The van der Waals surface area contributed by atoms with Gasteiger partial charge in [-0.3, -0.25) is 4.79 Å². The number of nitrogens with one attached hydrogen (secondary N) is 2. The van der Waals surface area contributed by atoms with Crippen LogP contribution < -0.4 is 15.8 Å². The lowest BCUT2D eigenvalue weighted by Crippen LogP contribution is -2.33. The van der Waals surface area contributed by atoms with Crippen molar-refractivity contribution in [1.29, 1.82) is 0 Å². The minimum absolute atomic E-state index is 0.0570. The highest BCUT2D eigenvalue weighted by molar-refractivity contribution is 7.13. The Hall–Kier alpha value is -1.22. The second-order valence-electron chi connectivity index (χ2n) is 4.77. The van der Waals surface area contributed by atoms with E-state index >= 15 is 0 Å². The van der Waals surface area contributed by atoms with E-state index in [0.717, 1.165) is 0 Å². The zero-order valence-electron chi connectivity index (χ0n) is 11.3. The number of H-pyrrole nitrogens is 1. The van der Waals surface area contributed by atoms with Gasteiger partial charge in [0.1, 0.15) is 16.1 Å². The van der Waals surface area contributed by atoms with Crippen LogP contribution in [0.25, 0.3) is 10.7 Å². The molecule has 1 aliphatic rings. The molecule has 1 atom stereocenters. The van der Waals surface area contributed by atoms with E-state index in [-0.39, 0.29) is 34.9 Å². The molecular weight excluding hydrogens is 352 g/mol. The standard InChI is InChI=1S/C12H12Cl2FN5OS/c13-7-11(20-2-1-16-3-6(15)4-20)18-10(19-12(7)21)8-9(14)17-5-22-8/h5-6,16H,1-4H2,(H,18,19,21). The van der Waals surface area contributed by atoms with Gasteiger partial charge >= 0.3 is 0 Å². The Bertz CT molecular complexity index is 737. The van der Waals surface area contributed by atoms with Crippen LogP contribution >= 0.6 is 34.5 Å². The Balaban J connectivity index is 2.05. The second kappa shape index (κ2) is 6.49. The molecule has 2 aromatic rings. The van der Waals surface area contributed by atoms with Crippen LogP contribution in [0, 0.1) is 0 Å². The summed E-state index contributed by atoms with van der Waals surface area (Å²) in [7, 11) is 0. The summed E-state index contributed by atoms with van der Waals surface area (Å²) in [5, 5.41) is 3.17. The summed E-state index contributed by atoms with van der Waals surface area (Å²) >= 11 is 13.3. The predicted molar refractivity (Wildman–Crippen MR) is 86.0 cm³/mol. The fraction of sp³-hybridized carbons (Fsp3) is 0.417. The predicted octanol–water partition coefficient (Wildman–Crippen LogP) is 1.95. The molecule has 0 aromatic carbocycles. The van der Waals surface area contributed by atoms with Gasteiger partial charge in [0.05, 0.1) is 12.1 Å². The molecule has 1 aliphatic heterocycles. The number of aromatic nitrogens is 3. The molecule has 1 unspecified atom stereocenters. The summed E-state index contributed by atoms with van der Waals surface area (Å²) in [5.74, 6) is 0.542. The van der Waals surface area contributed by atoms with Crippen LogP contribution in [-0.2, 0) is 0 Å². The topological polar surface area (TPSA) is 73.9 Å². The average Bonchev–Trinajstić information content (AvgIpc) is 2.79. The Kier molecular flexibility index (Phi) is 4.62. The molecule has 1 saturated heterocycles. The quantitative estimate of drug-likeness (QED) is 0.852. The SMILES string of the molecule is O=c1[nH]c(-c2scnc2Cl)nc(N2CCNCC(F)C2)c1Cl. The van der Waals surface area contributed by atoms with Gasteiger partial charge in [0.15, 0.2) is 16.8 Å². The normalized spacial score (nSPS) is 19.2. The number of halogens is 3. The molecule has 22 heavy (non-hydrogen) atoms. The van der Waals surface area contributed by atoms with Gasteiger partial charge in [-0.15, -0.1) is 11.3 Å². The van der Waals surface area contributed by atoms with Crippen LogP contribution in [0.4, 0.5) is 10.2 Å². The third kappa shape index (κ3) is 3.10. The second-order valence-corrected chi connectivity index (χ2v) is 6.36. The van der Waals surface area contributed by atoms with E-state index in [1.165, 1.54) is 11.3 Å². The number of aromatic amines is 1. The first kappa shape index (κ1) is 15.7. The molecule has 1 fully saturated rings. The monoisotopic (exact) mass is 363 g/mol. The molecule has 0 radical (unpaired) electrons. The summed E-state index contributed by atoms with van der Waals surface area (Å²) in [5.41, 5.74) is 1.07. The van der Waals surface area contributed by atoms with Crippen molar-refractivity contribution in [2.75, 3.05) is 31.1 Å². The molecule has 118 valence electrons. The molecule has 2 aromatic heterocycles. The van der Waals surface area contributed by atoms with E-state index in [9.17, 15) is 9.18 Å². The van der Waals surface area contributed by atoms with E-state index in [1.54, 1.807) is 10.4 Å².